The highest BCUT2D eigenvalue weighted by atomic mass is 35.5. The maximum atomic E-state index is 13.8. The number of carbonyl (C=O) groups excluding carboxylic acids is 1. The van der Waals surface area contributed by atoms with Crippen LogP contribution in [0, 0.1) is 5.82 Å². The van der Waals surface area contributed by atoms with E-state index in [-0.39, 0.29) is 10.7 Å². The number of anilines is 1. The largest absolute Gasteiger partial charge is 0.493 e. The van der Waals surface area contributed by atoms with E-state index in [4.69, 9.17) is 21.1 Å². The zero-order valence-electron chi connectivity index (χ0n) is 11.4. The van der Waals surface area contributed by atoms with Gasteiger partial charge < -0.3 is 14.8 Å². The molecule has 0 aromatic heterocycles. The molecule has 0 radical (unpaired) electrons. The second-order valence-corrected chi connectivity index (χ2v) is 4.53. The quantitative estimate of drug-likeness (QED) is 0.935. The number of amides is 1. The zero-order chi connectivity index (χ0) is 15.4. The molecule has 6 heteroatoms. The van der Waals surface area contributed by atoms with Crippen LogP contribution in [0.4, 0.5) is 10.1 Å². The van der Waals surface area contributed by atoms with Crippen LogP contribution in [0.1, 0.15) is 10.4 Å². The maximum absolute atomic E-state index is 13.8. The third-order valence-electron chi connectivity index (χ3n) is 2.85. The van der Waals surface area contributed by atoms with Gasteiger partial charge in [-0.3, -0.25) is 4.79 Å². The number of hydrogen-bond donors (Lipinski definition) is 1. The summed E-state index contributed by atoms with van der Waals surface area (Å²) in [6.07, 6.45) is 0. The summed E-state index contributed by atoms with van der Waals surface area (Å²) in [5.41, 5.74) is 0.328. The molecule has 0 atom stereocenters. The van der Waals surface area contributed by atoms with Crippen LogP contribution in [0.15, 0.2) is 36.4 Å². The Labute approximate surface area is 126 Å². The monoisotopic (exact) mass is 309 g/mol. The van der Waals surface area contributed by atoms with Gasteiger partial charge in [-0.15, -0.1) is 0 Å². The highest BCUT2D eigenvalue weighted by Gasteiger charge is 2.13. The van der Waals surface area contributed by atoms with Crippen LogP contribution in [0.2, 0.25) is 5.02 Å². The number of halogens is 2. The van der Waals surface area contributed by atoms with Crippen molar-refractivity contribution >= 4 is 23.2 Å². The summed E-state index contributed by atoms with van der Waals surface area (Å²) in [5, 5.41) is 2.41. The summed E-state index contributed by atoms with van der Waals surface area (Å²) < 4.78 is 24.0. The van der Waals surface area contributed by atoms with E-state index in [0.29, 0.717) is 17.1 Å². The van der Waals surface area contributed by atoms with Crippen molar-refractivity contribution in [3.05, 3.63) is 52.8 Å². The molecule has 2 aromatic carbocycles. The first kappa shape index (κ1) is 15.1. The van der Waals surface area contributed by atoms with E-state index in [1.54, 1.807) is 18.2 Å². The van der Waals surface area contributed by atoms with Gasteiger partial charge in [0.15, 0.2) is 17.3 Å². The molecule has 0 aliphatic rings. The van der Waals surface area contributed by atoms with Crippen molar-refractivity contribution in [3.8, 4) is 11.5 Å². The van der Waals surface area contributed by atoms with Crippen LogP contribution in [0.25, 0.3) is 0 Å². The van der Waals surface area contributed by atoms with Crippen molar-refractivity contribution in [2.24, 2.45) is 0 Å². The molecule has 21 heavy (non-hydrogen) atoms. The first-order chi connectivity index (χ1) is 10.1. The Balaban J connectivity index is 2.26. The fourth-order valence-corrected chi connectivity index (χ4v) is 1.95. The Morgan fingerprint density at radius 3 is 2.52 bits per heavy atom. The third-order valence-corrected chi connectivity index (χ3v) is 3.14. The molecule has 0 heterocycles. The summed E-state index contributed by atoms with van der Waals surface area (Å²) in [4.78, 5) is 12.1. The van der Waals surface area contributed by atoms with Gasteiger partial charge in [0.1, 0.15) is 0 Å². The first-order valence-electron chi connectivity index (χ1n) is 6.04. The zero-order valence-corrected chi connectivity index (χ0v) is 12.2. The lowest BCUT2D eigenvalue weighted by molar-refractivity contribution is 0.102. The normalized spacial score (nSPS) is 10.1. The van der Waals surface area contributed by atoms with Gasteiger partial charge in [-0.05, 0) is 30.3 Å². The summed E-state index contributed by atoms with van der Waals surface area (Å²) in [6.45, 7) is 0. The first-order valence-corrected chi connectivity index (χ1v) is 6.42. The summed E-state index contributed by atoms with van der Waals surface area (Å²) in [5.74, 6) is -0.232. The highest BCUT2D eigenvalue weighted by Crippen LogP contribution is 2.28. The fraction of sp³-hybridized carbons (Fsp3) is 0.133. The van der Waals surface area contributed by atoms with Crippen molar-refractivity contribution in [1.82, 2.24) is 0 Å². The van der Waals surface area contributed by atoms with Gasteiger partial charge in [0.25, 0.3) is 5.91 Å². The minimum Gasteiger partial charge on any atom is -0.493 e. The number of carbonyl (C=O) groups is 1. The third kappa shape index (κ3) is 3.25. The topological polar surface area (TPSA) is 47.6 Å². The van der Waals surface area contributed by atoms with Gasteiger partial charge in [0, 0.05) is 5.56 Å². The van der Waals surface area contributed by atoms with Crippen LogP contribution in [-0.4, -0.2) is 20.1 Å². The Hall–Kier alpha value is -2.27. The molecular formula is C15H13ClFNO3. The smallest absolute Gasteiger partial charge is 0.255 e. The molecule has 0 aliphatic carbocycles. The molecule has 0 saturated heterocycles. The Morgan fingerprint density at radius 1 is 1.14 bits per heavy atom. The SMILES string of the molecule is COc1ccc(C(=O)Nc2cccc(Cl)c2F)cc1OC. The van der Waals surface area contributed by atoms with E-state index in [0.717, 1.165) is 0 Å². The Kier molecular flexibility index (Phi) is 4.65. The molecular weight excluding hydrogens is 297 g/mol. The number of benzene rings is 2. The molecule has 2 rings (SSSR count). The lowest BCUT2D eigenvalue weighted by Gasteiger charge is -2.10. The molecule has 2 aromatic rings. The Morgan fingerprint density at radius 2 is 1.86 bits per heavy atom. The van der Waals surface area contributed by atoms with Gasteiger partial charge in [-0.25, -0.2) is 4.39 Å². The summed E-state index contributed by atoms with van der Waals surface area (Å²) in [7, 11) is 2.97. The number of hydrogen-bond acceptors (Lipinski definition) is 3. The van der Waals surface area contributed by atoms with Gasteiger partial charge in [-0.1, -0.05) is 17.7 Å². The molecule has 0 unspecified atom stereocenters. The van der Waals surface area contributed by atoms with Crippen molar-refractivity contribution in [2.45, 2.75) is 0 Å². The van der Waals surface area contributed by atoms with Gasteiger partial charge in [0.05, 0.1) is 24.9 Å². The molecule has 0 bridgehead atoms. The molecule has 0 saturated carbocycles. The minimum absolute atomic E-state index is 0.0160. The minimum atomic E-state index is -0.673. The van der Waals surface area contributed by atoms with E-state index in [1.165, 1.54) is 32.4 Å². The van der Waals surface area contributed by atoms with Crippen LogP contribution in [0.5, 0.6) is 11.5 Å². The average molecular weight is 310 g/mol. The molecule has 1 amide bonds. The molecule has 0 fully saturated rings. The van der Waals surface area contributed by atoms with E-state index >= 15 is 0 Å². The number of rotatable bonds is 4. The summed E-state index contributed by atoms with van der Waals surface area (Å²) >= 11 is 5.67. The average Bonchev–Trinajstić information content (AvgIpc) is 2.51. The van der Waals surface area contributed by atoms with E-state index in [9.17, 15) is 9.18 Å². The van der Waals surface area contributed by atoms with Crippen LogP contribution in [-0.2, 0) is 0 Å². The van der Waals surface area contributed by atoms with Crippen molar-refractivity contribution in [1.29, 1.82) is 0 Å². The van der Waals surface area contributed by atoms with Crippen LogP contribution >= 0.6 is 11.6 Å². The number of nitrogens with one attached hydrogen (secondary N) is 1. The molecule has 0 spiro atoms. The Bertz CT molecular complexity index is 676. The van der Waals surface area contributed by atoms with Gasteiger partial charge >= 0.3 is 0 Å². The number of ether oxygens (including phenoxy) is 2. The van der Waals surface area contributed by atoms with E-state index < -0.39 is 11.7 Å². The molecule has 1 N–H and O–H groups in total. The standard InChI is InChI=1S/C15H13ClFNO3/c1-20-12-7-6-9(8-13(12)21-2)15(19)18-11-5-3-4-10(16)14(11)17/h3-8H,1-2H3,(H,18,19). The molecule has 0 aliphatic heterocycles. The summed E-state index contributed by atoms with van der Waals surface area (Å²) in [6, 6.07) is 9.05. The maximum Gasteiger partial charge on any atom is 0.255 e. The van der Waals surface area contributed by atoms with Crippen molar-refractivity contribution < 1.29 is 18.7 Å². The van der Waals surface area contributed by atoms with Gasteiger partial charge in [0.2, 0.25) is 0 Å². The predicted molar refractivity (Wildman–Crippen MR) is 78.9 cm³/mol. The van der Waals surface area contributed by atoms with Crippen molar-refractivity contribution in [2.75, 3.05) is 19.5 Å². The lowest BCUT2D eigenvalue weighted by Crippen LogP contribution is -2.13. The molecule has 110 valence electrons. The van der Waals surface area contributed by atoms with Gasteiger partial charge in [-0.2, -0.15) is 0 Å². The lowest BCUT2D eigenvalue weighted by atomic mass is 10.2. The number of methoxy groups -OCH3 is 2. The van der Waals surface area contributed by atoms with Crippen LogP contribution < -0.4 is 14.8 Å². The van der Waals surface area contributed by atoms with E-state index in [2.05, 4.69) is 5.32 Å². The highest BCUT2D eigenvalue weighted by molar-refractivity contribution is 6.31. The van der Waals surface area contributed by atoms with Crippen LogP contribution in [0.3, 0.4) is 0 Å². The fourth-order valence-electron chi connectivity index (χ4n) is 1.77. The second-order valence-electron chi connectivity index (χ2n) is 4.13. The van der Waals surface area contributed by atoms with Crippen molar-refractivity contribution in [3.63, 3.8) is 0 Å². The molecule has 4 nitrogen and oxygen atoms in total. The second kappa shape index (κ2) is 6.45. The van der Waals surface area contributed by atoms with E-state index in [1.807, 2.05) is 0 Å². The predicted octanol–water partition coefficient (Wildman–Crippen LogP) is 3.75.